The summed E-state index contributed by atoms with van der Waals surface area (Å²) in [6.45, 7) is 5.66. The normalized spacial score (nSPS) is 10.6. The van der Waals surface area contributed by atoms with E-state index in [0.29, 0.717) is 6.61 Å². The Kier molecular flexibility index (Phi) is 3.99. The standard InChI is InChI=1S/C14H19N3O/c1-10-4-5-12(8-11(10)2)13-9-14(17-16-13)15-6-7-18-3/h4-5,8-9H,6-7H2,1-3H3,(H2,15,16,17). The van der Waals surface area contributed by atoms with Crippen LogP contribution in [-0.4, -0.2) is 30.5 Å². The molecule has 0 aliphatic rings. The lowest BCUT2D eigenvalue weighted by atomic mass is 10.0. The number of H-pyrrole nitrogens is 1. The van der Waals surface area contributed by atoms with Crippen molar-refractivity contribution < 1.29 is 4.74 Å². The average Bonchev–Trinajstić information content (AvgIpc) is 2.82. The molecular formula is C14H19N3O. The van der Waals surface area contributed by atoms with E-state index in [1.54, 1.807) is 7.11 Å². The van der Waals surface area contributed by atoms with Crippen molar-refractivity contribution >= 4 is 5.82 Å². The van der Waals surface area contributed by atoms with Gasteiger partial charge in [0.15, 0.2) is 0 Å². The molecule has 0 radical (unpaired) electrons. The Morgan fingerprint density at radius 2 is 2.06 bits per heavy atom. The SMILES string of the molecule is COCCNc1cc(-c2ccc(C)c(C)c2)[nH]n1. The molecule has 1 aromatic heterocycles. The first-order chi connectivity index (χ1) is 8.70. The zero-order chi connectivity index (χ0) is 13.0. The molecular weight excluding hydrogens is 226 g/mol. The number of hydrogen-bond acceptors (Lipinski definition) is 3. The molecule has 2 N–H and O–H groups in total. The van der Waals surface area contributed by atoms with E-state index in [-0.39, 0.29) is 0 Å². The van der Waals surface area contributed by atoms with Gasteiger partial charge in [-0.25, -0.2) is 0 Å². The van der Waals surface area contributed by atoms with Crippen molar-refractivity contribution in [1.29, 1.82) is 0 Å². The second-order valence-electron chi connectivity index (χ2n) is 4.39. The van der Waals surface area contributed by atoms with Crippen LogP contribution >= 0.6 is 0 Å². The van der Waals surface area contributed by atoms with Gasteiger partial charge < -0.3 is 10.1 Å². The number of anilines is 1. The van der Waals surface area contributed by atoms with Crippen molar-refractivity contribution in [3.05, 3.63) is 35.4 Å². The highest BCUT2D eigenvalue weighted by molar-refractivity contribution is 5.64. The molecule has 0 aliphatic carbocycles. The van der Waals surface area contributed by atoms with Crippen LogP contribution in [0.2, 0.25) is 0 Å². The fourth-order valence-electron chi connectivity index (χ4n) is 1.75. The lowest BCUT2D eigenvalue weighted by Gasteiger charge is -2.02. The van der Waals surface area contributed by atoms with E-state index < -0.39 is 0 Å². The van der Waals surface area contributed by atoms with Crippen LogP contribution < -0.4 is 5.32 Å². The third-order valence-corrected chi connectivity index (χ3v) is 3.01. The number of rotatable bonds is 5. The first-order valence-electron chi connectivity index (χ1n) is 6.06. The van der Waals surface area contributed by atoms with Crippen LogP contribution in [0, 0.1) is 13.8 Å². The molecule has 0 atom stereocenters. The minimum absolute atomic E-state index is 0.672. The zero-order valence-corrected chi connectivity index (χ0v) is 11.1. The molecule has 0 fully saturated rings. The summed E-state index contributed by atoms with van der Waals surface area (Å²) in [6.07, 6.45) is 0. The van der Waals surface area contributed by atoms with Gasteiger partial charge in [-0.1, -0.05) is 12.1 Å². The Hall–Kier alpha value is -1.81. The van der Waals surface area contributed by atoms with Gasteiger partial charge in [0.05, 0.1) is 12.3 Å². The van der Waals surface area contributed by atoms with Crippen molar-refractivity contribution in [3.63, 3.8) is 0 Å². The maximum absolute atomic E-state index is 4.98. The van der Waals surface area contributed by atoms with Crippen molar-refractivity contribution in [2.45, 2.75) is 13.8 Å². The van der Waals surface area contributed by atoms with Gasteiger partial charge in [0.2, 0.25) is 0 Å². The number of nitrogens with zero attached hydrogens (tertiary/aromatic N) is 1. The van der Waals surface area contributed by atoms with Gasteiger partial charge in [-0.05, 0) is 36.6 Å². The molecule has 2 aromatic rings. The molecule has 0 saturated carbocycles. The van der Waals surface area contributed by atoms with Gasteiger partial charge in [0, 0.05) is 19.7 Å². The Morgan fingerprint density at radius 3 is 2.78 bits per heavy atom. The molecule has 0 amide bonds. The summed E-state index contributed by atoms with van der Waals surface area (Å²) in [7, 11) is 1.69. The summed E-state index contributed by atoms with van der Waals surface area (Å²) in [5.41, 5.74) is 4.77. The van der Waals surface area contributed by atoms with Crippen molar-refractivity contribution in [1.82, 2.24) is 10.2 Å². The van der Waals surface area contributed by atoms with Gasteiger partial charge in [0.1, 0.15) is 5.82 Å². The van der Waals surface area contributed by atoms with E-state index >= 15 is 0 Å². The number of hydrogen-bond donors (Lipinski definition) is 2. The molecule has 0 unspecified atom stereocenters. The Labute approximate surface area is 107 Å². The van der Waals surface area contributed by atoms with Crippen LogP contribution in [0.15, 0.2) is 24.3 Å². The van der Waals surface area contributed by atoms with Crippen molar-refractivity contribution in [2.75, 3.05) is 25.6 Å². The van der Waals surface area contributed by atoms with Crippen LogP contribution in [0.5, 0.6) is 0 Å². The largest absolute Gasteiger partial charge is 0.383 e. The van der Waals surface area contributed by atoms with Crippen LogP contribution in [0.3, 0.4) is 0 Å². The maximum atomic E-state index is 4.98. The van der Waals surface area contributed by atoms with Crippen LogP contribution in [0.4, 0.5) is 5.82 Å². The molecule has 1 aromatic carbocycles. The molecule has 0 aliphatic heterocycles. The van der Waals surface area contributed by atoms with Crippen LogP contribution in [0.25, 0.3) is 11.3 Å². The summed E-state index contributed by atoms with van der Waals surface area (Å²) in [4.78, 5) is 0. The third kappa shape index (κ3) is 2.90. The predicted octanol–water partition coefficient (Wildman–Crippen LogP) is 2.75. The van der Waals surface area contributed by atoms with E-state index in [1.807, 2.05) is 6.07 Å². The lowest BCUT2D eigenvalue weighted by Crippen LogP contribution is -2.07. The second-order valence-corrected chi connectivity index (χ2v) is 4.39. The predicted molar refractivity (Wildman–Crippen MR) is 73.9 cm³/mol. The number of ether oxygens (including phenoxy) is 1. The maximum Gasteiger partial charge on any atom is 0.148 e. The zero-order valence-electron chi connectivity index (χ0n) is 11.1. The highest BCUT2D eigenvalue weighted by Gasteiger charge is 2.04. The number of aromatic nitrogens is 2. The number of aromatic amines is 1. The average molecular weight is 245 g/mol. The van der Waals surface area contributed by atoms with Gasteiger partial charge in [-0.2, -0.15) is 5.10 Å². The van der Waals surface area contributed by atoms with Gasteiger partial charge in [0.25, 0.3) is 0 Å². The summed E-state index contributed by atoms with van der Waals surface area (Å²) in [6, 6.07) is 8.42. The van der Waals surface area contributed by atoms with E-state index in [0.717, 1.165) is 23.6 Å². The number of methoxy groups -OCH3 is 1. The Bertz CT molecular complexity index is 520. The lowest BCUT2D eigenvalue weighted by molar-refractivity contribution is 0.210. The van der Waals surface area contributed by atoms with Crippen molar-refractivity contribution in [3.8, 4) is 11.3 Å². The van der Waals surface area contributed by atoms with Gasteiger partial charge in [-0.15, -0.1) is 0 Å². The quantitative estimate of drug-likeness (QED) is 0.796. The smallest absolute Gasteiger partial charge is 0.148 e. The van der Waals surface area contributed by atoms with Crippen LogP contribution in [0.1, 0.15) is 11.1 Å². The van der Waals surface area contributed by atoms with Crippen molar-refractivity contribution in [2.24, 2.45) is 0 Å². The summed E-state index contributed by atoms with van der Waals surface area (Å²) in [5.74, 6) is 0.847. The minimum atomic E-state index is 0.672. The molecule has 2 rings (SSSR count). The molecule has 0 bridgehead atoms. The third-order valence-electron chi connectivity index (χ3n) is 3.01. The van der Waals surface area contributed by atoms with E-state index in [4.69, 9.17) is 4.74 Å². The molecule has 18 heavy (non-hydrogen) atoms. The summed E-state index contributed by atoms with van der Waals surface area (Å²) >= 11 is 0. The summed E-state index contributed by atoms with van der Waals surface area (Å²) in [5, 5.41) is 10.5. The van der Waals surface area contributed by atoms with E-state index in [1.165, 1.54) is 11.1 Å². The fraction of sp³-hybridized carbons (Fsp3) is 0.357. The molecule has 0 spiro atoms. The monoisotopic (exact) mass is 245 g/mol. The first kappa shape index (κ1) is 12.6. The van der Waals surface area contributed by atoms with Gasteiger partial charge >= 0.3 is 0 Å². The molecule has 1 heterocycles. The fourth-order valence-corrected chi connectivity index (χ4v) is 1.75. The Morgan fingerprint density at radius 1 is 1.22 bits per heavy atom. The minimum Gasteiger partial charge on any atom is -0.383 e. The van der Waals surface area contributed by atoms with E-state index in [9.17, 15) is 0 Å². The Balaban J connectivity index is 2.11. The number of benzene rings is 1. The number of aryl methyl sites for hydroxylation is 2. The summed E-state index contributed by atoms with van der Waals surface area (Å²) < 4.78 is 4.98. The topological polar surface area (TPSA) is 49.9 Å². The highest BCUT2D eigenvalue weighted by Crippen LogP contribution is 2.22. The molecule has 4 heteroatoms. The van der Waals surface area contributed by atoms with Gasteiger partial charge in [-0.3, -0.25) is 5.10 Å². The van der Waals surface area contributed by atoms with Crippen LogP contribution in [-0.2, 0) is 4.74 Å². The molecule has 0 saturated heterocycles. The number of nitrogens with one attached hydrogen (secondary N) is 2. The second kappa shape index (κ2) is 5.69. The van der Waals surface area contributed by atoms with E-state index in [2.05, 4.69) is 47.6 Å². The molecule has 4 nitrogen and oxygen atoms in total. The first-order valence-corrected chi connectivity index (χ1v) is 6.06. The highest BCUT2D eigenvalue weighted by atomic mass is 16.5. The molecule has 96 valence electrons.